The molecule has 0 unspecified atom stereocenters. The fraction of sp³-hybridized carbons (Fsp3) is 0.316. The van der Waals surface area contributed by atoms with Crippen molar-refractivity contribution in [1.82, 2.24) is 24.9 Å². The highest BCUT2D eigenvalue weighted by Gasteiger charge is 2.30. The van der Waals surface area contributed by atoms with Crippen LogP contribution in [0.1, 0.15) is 30.6 Å². The molecule has 0 saturated heterocycles. The summed E-state index contributed by atoms with van der Waals surface area (Å²) in [5.41, 5.74) is 2.91. The summed E-state index contributed by atoms with van der Waals surface area (Å²) in [7, 11) is 0. The van der Waals surface area contributed by atoms with Crippen LogP contribution in [0.4, 0.5) is 4.39 Å². The zero-order valence-electron chi connectivity index (χ0n) is 14.5. The second kappa shape index (κ2) is 6.74. The van der Waals surface area contributed by atoms with Gasteiger partial charge >= 0.3 is 0 Å². The lowest BCUT2D eigenvalue weighted by molar-refractivity contribution is -0.136. The molecule has 3 aromatic rings. The zero-order chi connectivity index (χ0) is 18.1. The largest absolute Gasteiger partial charge is 0.336 e. The van der Waals surface area contributed by atoms with Crippen LogP contribution in [0.2, 0.25) is 0 Å². The van der Waals surface area contributed by atoms with Crippen molar-refractivity contribution in [2.45, 2.75) is 32.4 Å². The van der Waals surface area contributed by atoms with E-state index in [1.54, 1.807) is 29.1 Å². The predicted octanol–water partition coefficient (Wildman–Crippen LogP) is 2.95. The third-order valence-corrected chi connectivity index (χ3v) is 4.89. The Morgan fingerprint density at radius 2 is 2.19 bits per heavy atom. The highest BCUT2D eigenvalue weighted by molar-refractivity contribution is 5.81. The second-order valence-electron chi connectivity index (χ2n) is 6.43. The van der Waals surface area contributed by atoms with Gasteiger partial charge in [-0.25, -0.2) is 4.39 Å². The third kappa shape index (κ3) is 2.79. The van der Waals surface area contributed by atoms with Crippen LogP contribution in [0, 0.1) is 5.82 Å². The molecule has 2 aromatic heterocycles. The number of hydrogen-bond acceptors (Lipinski definition) is 3. The smallest absolute Gasteiger partial charge is 0.247 e. The van der Waals surface area contributed by atoms with E-state index in [0.29, 0.717) is 37.2 Å². The predicted molar refractivity (Wildman–Crippen MR) is 94.7 cm³/mol. The first kappa shape index (κ1) is 16.5. The molecule has 1 N–H and O–H groups in total. The minimum Gasteiger partial charge on any atom is -0.336 e. The summed E-state index contributed by atoms with van der Waals surface area (Å²) in [6.07, 6.45) is 4.83. The van der Waals surface area contributed by atoms with Gasteiger partial charge in [-0.2, -0.15) is 10.2 Å². The van der Waals surface area contributed by atoms with E-state index in [-0.39, 0.29) is 17.8 Å². The summed E-state index contributed by atoms with van der Waals surface area (Å²) in [4.78, 5) is 14.9. The molecule has 3 heterocycles. The molecule has 7 heteroatoms. The van der Waals surface area contributed by atoms with Crippen molar-refractivity contribution in [2.75, 3.05) is 6.54 Å². The standard InChI is InChI=1S/C19H20FN5O/c1-2-17(25-10-5-9-21-25)19(26)24-11-8-16-14(12-24)18(23-22-16)13-6-3-4-7-15(13)20/h3-7,9-10,17H,2,8,11-12H2,1H3,(H,22,23)/t17-/m0/s1. The van der Waals surface area contributed by atoms with Gasteiger partial charge in [-0.3, -0.25) is 14.6 Å². The van der Waals surface area contributed by atoms with E-state index in [1.807, 2.05) is 24.1 Å². The molecule has 1 amide bonds. The molecule has 0 bridgehead atoms. The topological polar surface area (TPSA) is 66.8 Å². The number of hydrogen-bond donors (Lipinski definition) is 1. The van der Waals surface area contributed by atoms with Crippen LogP contribution >= 0.6 is 0 Å². The van der Waals surface area contributed by atoms with Crippen molar-refractivity contribution in [2.24, 2.45) is 0 Å². The van der Waals surface area contributed by atoms with Crippen molar-refractivity contribution in [3.8, 4) is 11.3 Å². The van der Waals surface area contributed by atoms with Crippen LogP contribution in [0.15, 0.2) is 42.7 Å². The molecule has 1 aromatic carbocycles. The number of nitrogens with zero attached hydrogens (tertiary/aromatic N) is 4. The van der Waals surface area contributed by atoms with Gasteiger partial charge in [0.15, 0.2) is 0 Å². The van der Waals surface area contributed by atoms with Gasteiger partial charge in [0.2, 0.25) is 5.91 Å². The maximum absolute atomic E-state index is 14.2. The number of rotatable bonds is 4. The average molecular weight is 353 g/mol. The Kier molecular flexibility index (Phi) is 4.28. The van der Waals surface area contributed by atoms with Gasteiger partial charge in [0, 0.05) is 48.7 Å². The number of benzene rings is 1. The van der Waals surface area contributed by atoms with Gasteiger partial charge in [-0.1, -0.05) is 19.1 Å². The number of aromatic amines is 1. The number of H-pyrrole nitrogens is 1. The van der Waals surface area contributed by atoms with Crippen molar-refractivity contribution in [1.29, 1.82) is 0 Å². The Morgan fingerprint density at radius 3 is 2.92 bits per heavy atom. The lowest BCUT2D eigenvalue weighted by atomic mass is 10.00. The number of nitrogens with one attached hydrogen (secondary N) is 1. The molecule has 1 aliphatic rings. The highest BCUT2D eigenvalue weighted by atomic mass is 19.1. The second-order valence-corrected chi connectivity index (χ2v) is 6.43. The molecule has 1 atom stereocenters. The number of carbonyl (C=O) groups is 1. The molecule has 0 radical (unpaired) electrons. The Labute approximate surface area is 150 Å². The number of aromatic nitrogens is 4. The Hall–Kier alpha value is -2.96. The van der Waals surface area contributed by atoms with Crippen molar-refractivity contribution in [3.63, 3.8) is 0 Å². The summed E-state index contributed by atoms with van der Waals surface area (Å²) in [5.74, 6) is -0.282. The summed E-state index contributed by atoms with van der Waals surface area (Å²) < 4.78 is 15.9. The van der Waals surface area contributed by atoms with E-state index in [1.165, 1.54) is 6.07 Å². The van der Waals surface area contributed by atoms with Gasteiger partial charge in [0.1, 0.15) is 17.6 Å². The molecule has 0 spiro atoms. The Morgan fingerprint density at radius 1 is 1.35 bits per heavy atom. The number of fused-ring (bicyclic) bond motifs is 1. The Balaban J connectivity index is 1.63. The first-order valence-corrected chi connectivity index (χ1v) is 8.78. The van der Waals surface area contributed by atoms with Crippen LogP contribution in [0.25, 0.3) is 11.3 Å². The molecular formula is C19H20FN5O. The van der Waals surface area contributed by atoms with Crippen molar-refractivity contribution in [3.05, 3.63) is 59.8 Å². The molecule has 0 saturated carbocycles. The lowest BCUT2D eigenvalue weighted by Crippen LogP contribution is -2.40. The minimum atomic E-state index is -0.324. The van der Waals surface area contributed by atoms with Gasteiger partial charge < -0.3 is 4.90 Å². The normalized spacial score (nSPS) is 14.9. The molecule has 1 aliphatic heterocycles. The first-order valence-electron chi connectivity index (χ1n) is 8.78. The molecule has 4 rings (SSSR count). The quantitative estimate of drug-likeness (QED) is 0.784. The van der Waals surface area contributed by atoms with Gasteiger partial charge in [-0.15, -0.1) is 0 Å². The summed E-state index contributed by atoms with van der Waals surface area (Å²) in [5, 5.41) is 11.5. The minimum absolute atomic E-state index is 0.0301. The maximum Gasteiger partial charge on any atom is 0.247 e. The van der Waals surface area contributed by atoms with Crippen LogP contribution in [-0.4, -0.2) is 37.3 Å². The Bertz CT molecular complexity index is 918. The summed E-state index contributed by atoms with van der Waals surface area (Å²) in [6.45, 7) is 3.01. The zero-order valence-corrected chi connectivity index (χ0v) is 14.5. The van der Waals surface area contributed by atoms with Gasteiger partial charge in [0.25, 0.3) is 0 Å². The lowest BCUT2D eigenvalue weighted by Gasteiger charge is -2.30. The van der Waals surface area contributed by atoms with Crippen LogP contribution < -0.4 is 0 Å². The molecule has 6 nitrogen and oxygen atoms in total. The summed E-state index contributed by atoms with van der Waals surface area (Å²) in [6, 6.07) is 8.07. The monoisotopic (exact) mass is 353 g/mol. The molecular weight excluding hydrogens is 333 g/mol. The van der Waals surface area contributed by atoms with Crippen LogP contribution in [-0.2, 0) is 17.8 Å². The van der Waals surface area contributed by atoms with E-state index in [0.717, 1.165) is 11.3 Å². The maximum atomic E-state index is 14.2. The SMILES string of the molecule is CC[C@@H](C(=O)N1CCc2[nH]nc(-c3ccccc3F)c2C1)n1cccn1. The van der Waals surface area contributed by atoms with Gasteiger partial charge in [-0.05, 0) is 24.6 Å². The summed E-state index contributed by atoms with van der Waals surface area (Å²) >= 11 is 0. The van der Waals surface area contributed by atoms with E-state index >= 15 is 0 Å². The van der Waals surface area contributed by atoms with Crippen LogP contribution in [0.3, 0.4) is 0 Å². The molecule has 134 valence electrons. The fourth-order valence-electron chi connectivity index (χ4n) is 3.51. The highest BCUT2D eigenvalue weighted by Crippen LogP contribution is 2.31. The van der Waals surface area contributed by atoms with Crippen molar-refractivity contribution >= 4 is 5.91 Å². The number of amides is 1. The molecule has 0 aliphatic carbocycles. The average Bonchev–Trinajstić information content (AvgIpc) is 3.32. The molecule has 26 heavy (non-hydrogen) atoms. The van der Waals surface area contributed by atoms with E-state index in [4.69, 9.17) is 0 Å². The van der Waals surface area contributed by atoms with Crippen LogP contribution in [0.5, 0.6) is 0 Å². The van der Waals surface area contributed by atoms with Gasteiger partial charge in [0.05, 0.1) is 0 Å². The third-order valence-electron chi connectivity index (χ3n) is 4.89. The van der Waals surface area contributed by atoms with Crippen molar-refractivity contribution < 1.29 is 9.18 Å². The molecule has 0 fully saturated rings. The van der Waals surface area contributed by atoms with E-state index in [2.05, 4.69) is 15.3 Å². The fourth-order valence-corrected chi connectivity index (χ4v) is 3.51. The van der Waals surface area contributed by atoms with E-state index < -0.39 is 0 Å². The number of halogens is 1. The first-order chi connectivity index (χ1) is 12.7. The van der Waals surface area contributed by atoms with E-state index in [9.17, 15) is 9.18 Å². The number of carbonyl (C=O) groups excluding carboxylic acids is 1.